The summed E-state index contributed by atoms with van der Waals surface area (Å²) >= 11 is 11.8. The number of hydrogen-bond acceptors (Lipinski definition) is 0. The van der Waals surface area contributed by atoms with E-state index in [1.165, 1.54) is 16.7 Å². The molecule has 0 spiro atoms. The molecule has 18 heavy (non-hydrogen) atoms. The second-order valence-corrected chi connectivity index (χ2v) is 4.91. The molecule has 0 aromatic heterocycles. The molecule has 2 heteroatoms. The second kappa shape index (κ2) is 6.08. The van der Waals surface area contributed by atoms with E-state index < -0.39 is 0 Å². The van der Waals surface area contributed by atoms with Gasteiger partial charge in [-0.25, -0.2) is 0 Å². The van der Waals surface area contributed by atoms with E-state index in [0.717, 1.165) is 16.5 Å². The minimum atomic E-state index is 0.755. The Labute approximate surface area is 118 Å². The van der Waals surface area contributed by atoms with Crippen LogP contribution in [0, 0.1) is 0 Å². The fourth-order valence-corrected chi connectivity index (χ4v) is 2.12. The van der Waals surface area contributed by atoms with Crippen LogP contribution >= 0.6 is 23.2 Å². The highest BCUT2D eigenvalue weighted by atomic mass is 35.5. The minimum absolute atomic E-state index is 0.755. The summed E-state index contributed by atoms with van der Waals surface area (Å²) in [6, 6.07) is 15.8. The van der Waals surface area contributed by atoms with Crippen LogP contribution in [0.5, 0.6) is 0 Å². The Morgan fingerprint density at radius 2 is 1.22 bits per heavy atom. The highest BCUT2D eigenvalue weighted by molar-refractivity contribution is 6.31. The first-order valence-electron chi connectivity index (χ1n) is 5.92. The predicted molar refractivity (Wildman–Crippen MR) is 80.3 cm³/mol. The van der Waals surface area contributed by atoms with Gasteiger partial charge in [-0.3, -0.25) is 0 Å². The molecule has 0 heterocycles. The molecular formula is C16H14Cl2. The smallest absolute Gasteiger partial charge is 0.0406 e. The maximum absolute atomic E-state index is 5.92. The standard InChI is InChI=1S/C16H14Cl2/c1-2-3-16(12-4-8-14(17)9-5-12)13-6-10-15(18)11-7-13/h3-11H,2H2,1H3. The van der Waals surface area contributed by atoms with Gasteiger partial charge in [-0.05, 0) is 47.4 Å². The van der Waals surface area contributed by atoms with E-state index in [9.17, 15) is 0 Å². The van der Waals surface area contributed by atoms with Crippen molar-refractivity contribution in [2.24, 2.45) is 0 Å². The third-order valence-electron chi connectivity index (χ3n) is 2.72. The van der Waals surface area contributed by atoms with Gasteiger partial charge in [0.15, 0.2) is 0 Å². The molecular weight excluding hydrogens is 263 g/mol. The van der Waals surface area contributed by atoms with E-state index in [4.69, 9.17) is 23.2 Å². The Balaban J connectivity index is 2.43. The fraction of sp³-hybridized carbons (Fsp3) is 0.125. The molecule has 0 aliphatic carbocycles. The van der Waals surface area contributed by atoms with E-state index in [1.807, 2.05) is 48.5 Å². The molecule has 0 radical (unpaired) electrons. The second-order valence-electron chi connectivity index (χ2n) is 4.04. The van der Waals surface area contributed by atoms with Crippen molar-refractivity contribution < 1.29 is 0 Å². The Kier molecular flexibility index (Phi) is 4.46. The van der Waals surface area contributed by atoms with Crippen LogP contribution in [0.1, 0.15) is 24.5 Å². The zero-order chi connectivity index (χ0) is 13.0. The van der Waals surface area contributed by atoms with Gasteiger partial charge in [0.2, 0.25) is 0 Å². The predicted octanol–water partition coefficient (Wildman–Crippen LogP) is 5.84. The summed E-state index contributed by atoms with van der Waals surface area (Å²) in [4.78, 5) is 0. The lowest BCUT2D eigenvalue weighted by molar-refractivity contribution is 1.22. The summed E-state index contributed by atoms with van der Waals surface area (Å²) in [7, 11) is 0. The van der Waals surface area contributed by atoms with Crippen LogP contribution in [0.15, 0.2) is 54.6 Å². The van der Waals surface area contributed by atoms with E-state index in [1.54, 1.807) is 0 Å². The third-order valence-corrected chi connectivity index (χ3v) is 3.22. The van der Waals surface area contributed by atoms with Crippen LogP contribution in [-0.4, -0.2) is 0 Å². The molecule has 0 aliphatic rings. The van der Waals surface area contributed by atoms with E-state index in [0.29, 0.717) is 0 Å². The average molecular weight is 277 g/mol. The lowest BCUT2D eigenvalue weighted by atomic mass is 9.97. The van der Waals surface area contributed by atoms with Crippen molar-refractivity contribution in [3.8, 4) is 0 Å². The summed E-state index contributed by atoms with van der Waals surface area (Å²) in [5.41, 5.74) is 3.55. The van der Waals surface area contributed by atoms with E-state index in [2.05, 4.69) is 13.0 Å². The molecule has 0 N–H and O–H groups in total. The molecule has 0 bridgehead atoms. The van der Waals surface area contributed by atoms with Gasteiger partial charge in [0, 0.05) is 10.0 Å². The minimum Gasteiger partial charge on any atom is -0.0843 e. The van der Waals surface area contributed by atoms with Crippen LogP contribution in [0.2, 0.25) is 10.0 Å². The van der Waals surface area contributed by atoms with Gasteiger partial charge in [0.25, 0.3) is 0 Å². The fourth-order valence-electron chi connectivity index (χ4n) is 1.87. The molecule has 0 amide bonds. The van der Waals surface area contributed by atoms with Gasteiger partial charge >= 0.3 is 0 Å². The van der Waals surface area contributed by atoms with E-state index in [-0.39, 0.29) is 0 Å². The van der Waals surface area contributed by atoms with Crippen molar-refractivity contribution in [1.29, 1.82) is 0 Å². The molecule has 2 rings (SSSR count). The van der Waals surface area contributed by atoms with Gasteiger partial charge in [-0.1, -0.05) is 60.5 Å². The molecule has 0 atom stereocenters. The molecule has 2 aromatic carbocycles. The summed E-state index contributed by atoms with van der Waals surface area (Å²) in [6.07, 6.45) is 3.20. The SMILES string of the molecule is CCC=C(c1ccc(Cl)cc1)c1ccc(Cl)cc1. The Bertz CT molecular complexity index is 489. The molecule has 0 saturated heterocycles. The maximum Gasteiger partial charge on any atom is 0.0406 e. The van der Waals surface area contributed by atoms with Crippen LogP contribution in [0.3, 0.4) is 0 Å². The first-order valence-corrected chi connectivity index (χ1v) is 6.68. The molecule has 0 nitrogen and oxygen atoms in total. The zero-order valence-corrected chi connectivity index (χ0v) is 11.7. The van der Waals surface area contributed by atoms with Crippen molar-refractivity contribution in [2.45, 2.75) is 13.3 Å². The Morgan fingerprint density at radius 1 is 0.833 bits per heavy atom. The van der Waals surface area contributed by atoms with Crippen molar-refractivity contribution in [3.05, 3.63) is 75.8 Å². The van der Waals surface area contributed by atoms with E-state index >= 15 is 0 Å². The molecule has 0 saturated carbocycles. The Morgan fingerprint density at radius 3 is 1.56 bits per heavy atom. The lowest BCUT2D eigenvalue weighted by Crippen LogP contribution is -1.87. The van der Waals surface area contributed by atoms with Crippen molar-refractivity contribution in [3.63, 3.8) is 0 Å². The van der Waals surface area contributed by atoms with Crippen molar-refractivity contribution in [1.82, 2.24) is 0 Å². The summed E-state index contributed by atoms with van der Waals surface area (Å²) in [5.74, 6) is 0. The average Bonchev–Trinajstić information content (AvgIpc) is 2.39. The first kappa shape index (κ1) is 13.2. The monoisotopic (exact) mass is 276 g/mol. The van der Waals surface area contributed by atoms with Crippen molar-refractivity contribution >= 4 is 28.8 Å². The topological polar surface area (TPSA) is 0 Å². The number of benzene rings is 2. The highest BCUT2D eigenvalue weighted by Gasteiger charge is 2.04. The molecule has 0 unspecified atom stereocenters. The summed E-state index contributed by atoms with van der Waals surface area (Å²) in [5, 5.41) is 1.51. The summed E-state index contributed by atoms with van der Waals surface area (Å²) in [6.45, 7) is 2.13. The quantitative estimate of drug-likeness (QED) is 0.661. The van der Waals surface area contributed by atoms with Crippen LogP contribution in [0.25, 0.3) is 5.57 Å². The largest absolute Gasteiger partial charge is 0.0843 e. The lowest BCUT2D eigenvalue weighted by Gasteiger charge is -2.08. The number of allylic oxidation sites excluding steroid dienone is 1. The van der Waals surface area contributed by atoms with Gasteiger partial charge in [-0.15, -0.1) is 0 Å². The van der Waals surface area contributed by atoms with Gasteiger partial charge < -0.3 is 0 Å². The normalized spacial score (nSPS) is 10.2. The zero-order valence-electron chi connectivity index (χ0n) is 10.2. The number of rotatable bonds is 3. The molecule has 2 aromatic rings. The Hall–Kier alpha value is -1.24. The van der Waals surface area contributed by atoms with Gasteiger partial charge in [0.1, 0.15) is 0 Å². The van der Waals surface area contributed by atoms with Crippen LogP contribution < -0.4 is 0 Å². The van der Waals surface area contributed by atoms with Gasteiger partial charge in [-0.2, -0.15) is 0 Å². The molecule has 0 aliphatic heterocycles. The summed E-state index contributed by atoms with van der Waals surface area (Å²) < 4.78 is 0. The third kappa shape index (κ3) is 3.16. The first-order chi connectivity index (χ1) is 8.70. The molecule has 92 valence electrons. The highest BCUT2D eigenvalue weighted by Crippen LogP contribution is 2.26. The maximum atomic E-state index is 5.92. The molecule has 0 fully saturated rings. The van der Waals surface area contributed by atoms with Crippen molar-refractivity contribution in [2.75, 3.05) is 0 Å². The van der Waals surface area contributed by atoms with Crippen LogP contribution in [-0.2, 0) is 0 Å². The number of halogens is 2. The number of hydrogen-bond donors (Lipinski definition) is 0. The van der Waals surface area contributed by atoms with Gasteiger partial charge in [0.05, 0.1) is 0 Å². The van der Waals surface area contributed by atoms with Crippen LogP contribution in [0.4, 0.5) is 0 Å².